The Morgan fingerprint density at radius 3 is 2.66 bits per heavy atom. The van der Waals surface area contributed by atoms with E-state index in [0.29, 0.717) is 50.1 Å². The summed E-state index contributed by atoms with van der Waals surface area (Å²) in [5.41, 5.74) is 5.68. The van der Waals surface area contributed by atoms with Gasteiger partial charge in [-0.1, -0.05) is 36.9 Å². The van der Waals surface area contributed by atoms with Gasteiger partial charge in [-0.05, 0) is 56.4 Å². The van der Waals surface area contributed by atoms with E-state index in [-0.39, 0.29) is 18.4 Å². The number of piperazine rings is 1. The minimum atomic E-state index is -0.299. The third-order valence-electron chi connectivity index (χ3n) is 9.37. The third kappa shape index (κ3) is 5.56. The molecule has 9 heteroatoms. The van der Waals surface area contributed by atoms with Gasteiger partial charge in [-0.3, -0.25) is 4.79 Å². The van der Waals surface area contributed by atoms with Gasteiger partial charge in [0.2, 0.25) is 11.8 Å². The second kappa shape index (κ2) is 12.6. The van der Waals surface area contributed by atoms with Gasteiger partial charge in [0, 0.05) is 55.3 Å². The van der Waals surface area contributed by atoms with Crippen molar-refractivity contribution in [2.45, 2.75) is 38.8 Å². The SMILES string of the molecule is C=CC(=O)N1CCN(c2c(C#N)c(OCC3CCN(C)C3)nc3c2CCN(c2cccc4cccc(C)c24)C3)C[C@@H]1CC#N. The Morgan fingerprint density at radius 1 is 1.11 bits per heavy atom. The first-order chi connectivity index (χ1) is 21.4. The molecule has 9 nitrogen and oxygen atoms in total. The second-order valence-electron chi connectivity index (χ2n) is 12.2. The first-order valence-corrected chi connectivity index (χ1v) is 15.5. The number of carbonyl (C=O) groups is 1. The summed E-state index contributed by atoms with van der Waals surface area (Å²) in [4.78, 5) is 26.3. The van der Waals surface area contributed by atoms with E-state index >= 15 is 0 Å². The Labute approximate surface area is 259 Å². The Hall–Kier alpha value is -4.60. The number of aryl methyl sites for hydroxylation is 1. The molecule has 2 saturated heterocycles. The van der Waals surface area contributed by atoms with E-state index in [4.69, 9.17) is 9.72 Å². The maximum absolute atomic E-state index is 12.6. The molecule has 4 heterocycles. The summed E-state index contributed by atoms with van der Waals surface area (Å²) in [6.45, 7) is 11.1. The number of pyridine rings is 1. The number of rotatable bonds is 7. The zero-order chi connectivity index (χ0) is 30.8. The lowest BCUT2D eigenvalue weighted by molar-refractivity contribution is -0.128. The fourth-order valence-corrected chi connectivity index (χ4v) is 7.17. The molecule has 0 bridgehead atoms. The lowest BCUT2D eigenvalue weighted by Crippen LogP contribution is -2.55. The number of amides is 1. The number of nitriles is 2. The van der Waals surface area contributed by atoms with Crippen molar-refractivity contribution < 1.29 is 9.53 Å². The molecule has 3 aliphatic heterocycles. The number of aromatic nitrogens is 1. The smallest absolute Gasteiger partial charge is 0.246 e. The van der Waals surface area contributed by atoms with Gasteiger partial charge >= 0.3 is 0 Å². The Morgan fingerprint density at radius 2 is 1.93 bits per heavy atom. The van der Waals surface area contributed by atoms with Crippen molar-refractivity contribution in [1.29, 1.82) is 10.5 Å². The fraction of sp³-hybridized carbons (Fsp3) is 0.429. The minimum absolute atomic E-state index is 0.172. The second-order valence-corrected chi connectivity index (χ2v) is 12.2. The maximum Gasteiger partial charge on any atom is 0.246 e. The molecule has 0 radical (unpaired) electrons. The van der Waals surface area contributed by atoms with Crippen molar-refractivity contribution in [2.75, 3.05) is 62.7 Å². The fourth-order valence-electron chi connectivity index (χ4n) is 7.17. The van der Waals surface area contributed by atoms with Crippen LogP contribution in [-0.2, 0) is 17.8 Å². The average molecular weight is 590 g/mol. The third-order valence-corrected chi connectivity index (χ3v) is 9.37. The molecule has 226 valence electrons. The molecule has 2 atom stereocenters. The number of ether oxygens (including phenoxy) is 1. The van der Waals surface area contributed by atoms with E-state index in [1.165, 1.54) is 28.1 Å². The monoisotopic (exact) mass is 589 g/mol. The van der Waals surface area contributed by atoms with Crippen LogP contribution in [-0.4, -0.2) is 79.7 Å². The molecule has 44 heavy (non-hydrogen) atoms. The van der Waals surface area contributed by atoms with Crippen molar-refractivity contribution in [1.82, 2.24) is 14.8 Å². The number of hydrogen-bond acceptors (Lipinski definition) is 8. The average Bonchev–Trinajstić information content (AvgIpc) is 3.47. The van der Waals surface area contributed by atoms with Gasteiger partial charge in [-0.15, -0.1) is 0 Å². The number of nitrogens with zero attached hydrogens (tertiary/aromatic N) is 7. The highest BCUT2D eigenvalue weighted by Gasteiger charge is 2.35. The molecule has 2 aromatic carbocycles. The van der Waals surface area contributed by atoms with Gasteiger partial charge in [0.15, 0.2) is 0 Å². The number of hydrogen-bond donors (Lipinski definition) is 0. The van der Waals surface area contributed by atoms with Crippen LogP contribution in [0.5, 0.6) is 5.88 Å². The van der Waals surface area contributed by atoms with Crippen molar-refractivity contribution in [3.63, 3.8) is 0 Å². The van der Waals surface area contributed by atoms with Crippen LogP contribution in [0.25, 0.3) is 10.8 Å². The molecule has 1 aromatic heterocycles. The molecule has 0 N–H and O–H groups in total. The Balaban J connectivity index is 1.40. The summed E-state index contributed by atoms with van der Waals surface area (Å²) in [6, 6.07) is 17.2. The highest BCUT2D eigenvalue weighted by molar-refractivity contribution is 5.97. The molecule has 0 spiro atoms. The van der Waals surface area contributed by atoms with Crippen LogP contribution >= 0.6 is 0 Å². The van der Waals surface area contributed by atoms with Crippen LogP contribution in [0, 0.1) is 35.5 Å². The van der Waals surface area contributed by atoms with Crippen LogP contribution < -0.4 is 14.5 Å². The van der Waals surface area contributed by atoms with E-state index in [2.05, 4.69) is 83.8 Å². The molecule has 2 fully saturated rings. The van der Waals surface area contributed by atoms with E-state index in [9.17, 15) is 15.3 Å². The summed E-state index contributed by atoms with van der Waals surface area (Å²) >= 11 is 0. The lowest BCUT2D eigenvalue weighted by Gasteiger charge is -2.43. The molecule has 1 unspecified atom stereocenters. The van der Waals surface area contributed by atoms with Gasteiger partial charge in [0.1, 0.15) is 11.6 Å². The standard InChI is InChI=1S/C35H39N7O2/c1-4-32(43)42-18-17-41(21-27(42)11-14-36)34-28-13-16-40(31-10-6-9-26-8-5-7-24(2)33(26)31)22-30(28)38-35(29(34)19-37)44-23-25-12-15-39(3)20-25/h4-10,25,27H,1,11-13,15-18,20-23H2,2-3H3/t25?,27-/m0/s1. The first-order valence-electron chi connectivity index (χ1n) is 15.5. The predicted molar refractivity (Wildman–Crippen MR) is 172 cm³/mol. The highest BCUT2D eigenvalue weighted by Crippen LogP contribution is 2.40. The predicted octanol–water partition coefficient (Wildman–Crippen LogP) is 4.42. The Bertz CT molecular complexity index is 1670. The van der Waals surface area contributed by atoms with E-state index in [1.54, 1.807) is 4.90 Å². The van der Waals surface area contributed by atoms with Gasteiger partial charge in [-0.25, -0.2) is 4.98 Å². The van der Waals surface area contributed by atoms with Crippen LogP contribution in [0.15, 0.2) is 49.1 Å². The number of fused-ring (bicyclic) bond motifs is 2. The number of carbonyl (C=O) groups excluding carboxylic acids is 1. The number of likely N-dealkylation sites (tertiary alicyclic amines) is 1. The topological polar surface area (TPSA) is 99.7 Å². The van der Waals surface area contributed by atoms with Crippen LogP contribution in [0.4, 0.5) is 11.4 Å². The number of anilines is 2. The quantitative estimate of drug-likeness (QED) is 0.374. The minimum Gasteiger partial charge on any atom is -0.476 e. The molecule has 3 aromatic rings. The normalized spacial score (nSPS) is 20.2. The van der Waals surface area contributed by atoms with Crippen molar-refractivity contribution in [3.8, 4) is 18.0 Å². The summed E-state index contributed by atoms with van der Waals surface area (Å²) in [7, 11) is 2.12. The summed E-state index contributed by atoms with van der Waals surface area (Å²) in [6.07, 6.45) is 3.29. The molecule has 1 amide bonds. The molecule has 3 aliphatic rings. The van der Waals surface area contributed by atoms with E-state index in [0.717, 1.165) is 49.4 Å². The number of benzene rings is 2. The van der Waals surface area contributed by atoms with E-state index in [1.807, 2.05) is 0 Å². The molecular weight excluding hydrogens is 550 g/mol. The van der Waals surface area contributed by atoms with Crippen LogP contribution in [0.1, 0.15) is 35.2 Å². The molecule has 0 aliphatic carbocycles. The van der Waals surface area contributed by atoms with Gasteiger partial charge in [0.05, 0.1) is 43.1 Å². The summed E-state index contributed by atoms with van der Waals surface area (Å²) in [5, 5.41) is 22.6. The highest BCUT2D eigenvalue weighted by atomic mass is 16.5. The summed E-state index contributed by atoms with van der Waals surface area (Å²) in [5.74, 6) is 0.596. The van der Waals surface area contributed by atoms with Gasteiger partial charge < -0.3 is 24.3 Å². The van der Waals surface area contributed by atoms with Crippen molar-refractivity contribution >= 4 is 28.1 Å². The first kappa shape index (κ1) is 29.5. The largest absolute Gasteiger partial charge is 0.476 e. The zero-order valence-electron chi connectivity index (χ0n) is 25.6. The maximum atomic E-state index is 12.6. The van der Waals surface area contributed by atoms with Gasteiger partial charge in [-0.2, -0.15) is 10.5 Å². The van der Waals surface area contributed by atoms with Gasteiger partial charge in [0.25, 0.3) is 0 Å². The molecule has 6 rings (SSSR count). The molecule has 0 saturated carbocycles. The zero-order valence-corrected chi connectivity index (χ0v) is 25.6. The summed E-state index contributed by atoms with van der Waals surface area (Å²) < 4.78 is 6.40. The Kier molecular flexibility index (Phi) is 8.41. The van der Waals surface area contributed by atoms with Crippen molar-refractivity contribution in [3.05, 3.63) is 71.4 Å². The van der Waals surface area contributed by atoms with Crippen LogP contribution in [0.3, 0.4) is 0 Å². The van der Waals surface area contributed by atoms with Crippen LogP contribution in [0.2, 0.25) is 0 Å². The lowest BCUT2D eigenvalue weighted by atomic mass is 9.95. The molecular formula is C35H39N7O2. The van der Waals surface area contributed by atoms with E-state index < -0.39 is 0 Å². The van der Waals surface area contributed by atoms with Crippen molar-refractivity contribution in [2.24, 2.45) is 5.92 Å².